The highest BCUT2D eigenvalue weighted by Crippen LogP contribution is 2.32. The monoisotopic (exact) mass is 291 g/mol. The maximum Gasteiger partial charge on any atom is 0.0998 e. The fourth-order valence-electron chi connectivity index (χ4n) is 3.25. The van der Waals surface area contributed by atoms with Crippen molar-refractivity contribution in [3.05, 3.63) is 59.2 Å². The van der Waals surface area contributed by atoms with Crippen molar-refractivity contribution >= 4 is 5.70 Å². The van der Waals surface area contributed by atoms with Gasteiger partial charge in [-0.15, -0.1) is 0 Å². The lowest BCUT2D eigenvalue weighted by Gasteiger charge is -2.17. The minimum atomic E-state index is 0.750. The Morgan fingerprint density at radius 2 is 1.95 bits per heavy atom. The van der Waals surface area contributed by atoms with Gasteiger partial charge in [0.1, 0.15) is 0 Å². The molecular weight excluding hydrogens is 270 g/mol. The summed E-state index contributed by atoms with van der Waals surface area (Å²) in [6.07, 6.45) is 12.9. The first kappa shape index (κ1) is 14.6. The van der Waals surface area contributed by atoms with Crippen molar-refractivity contribution in [3.63, 3.8) is 0 Å². The van der Waals surface area contributed by atoms with Gasteiger partial charge in [-0.1, -0.05) is 25.0 Å². The van der Waals surface area contributed by atoms with E-state index >= 15 is 0 Å². The van der Waals surface area contributed by atoms with Gasteiger partial charge in [-0.3, -0.25) is 0 Å². The van der Waals surface area contributed by atoms with Crippen LogP contribution in [-0.2, 0) is 0 Å². The Hall–Kier alpha value is -2.34. The van der Waals surface area contributed by atoms with E-state index < -0.39 is 0 Å². The summed E-state index contributed by atoms with van der Waals surface area (Å²) < 4.78 is 2.08. The number of nitrogens with zero attached hydrogens (tertiary/aromatic N) is 3. The van der Waals surface area contributed by atoms with Crippen molar-refractivity contribution in [1.29, 1.82) is 5.26 Å². The van der Waals surface area contributed by atoms with Gasteiger partial charge in [0.05, 0.1) is 23.7 Å². The van der Waals surface area contributed by atoms with Gasteiger partial charge >= 0.3 is 0 Å². The van der Waals surface area contributed by atoms with Crippen LogP contribution in [0.1, 0.15) is 55.2 Å². The van der Waals surface area contributed by atoms with E-state index in [0.29, 0.717) is 0 Å². The zero-order chi connectivity index (χ0) is 15.4. The third kappa shape index (κ3) is 2.96. The molecule has 3 heteroatoms. The number of allylic oxidation sites excluding steroid dienone is 1. The second kappa shape index (κ2) is 6.62. The maximum atomic E-state index is 9.55. The molecule has 112 valence electrons. The molecule has 1 heterocycles. The highest BCUT2D eigenvalue weighted by molar-refractivity contribution is 5.73. The van der Waals surface area contributed by atoms with Gasteiger partial charge in [0, 0.05) is 18.0 Å². The molecule has 0 N–H and O–H groups in total. The molecule has 1 aliphatic rings. The van der Waals surface area contributed by atoms with Crippen molar-refractivity contribution < 1.29 is 0 Å². The second-order valence-corrected chi connectivity index (χ2v) is 6.00. The van der Waals surface area contributed by atoms with Crippen molar-refractivity contribution in [2.75, 3.05) is 0 Å². The van der Waals surface area contributed by atoms with Gasteiger partial charge in [0.2, 0.25) is 0 Å². The SMILES string of the molecule is Cc1ccc(C(=C2CCCCCC2)n2ccnc2)c(C#N)c1. The molecule has 0 bridgehead atoms. The molecule has 0 amide bonds. The predicted octanol–water partition coefficient (Wildman–Crippen LogP) is 4.68. The maximum absolute atomic E-state index is 9.55. The van der Waals surface area contributed by atoms with E-state index in [1.165, 1.54) is 31.3 Å². The third-order valence-electron chi connectivity index (χ3n) is 4.36. The summed E-state index contributed by atoms with van der Waals surface area (Å²) >= 11 is 0. The average molecular weight is 291 g/mol. The Kier molecular flexibility index (Phi) is 4.39. The van der Waals surface area contributed by atoms with Crippen LogP contribution in [0.4, 0.5) is 0 Å². The number of benzene rings is 1. The molecule has 1 saturated carbocycles. The number of nitriles is 1. The van der Waals surface area contributed by atoms with Crippen LogP contribution in [-0.4, -0.2) is 9.55 Å². The Bertz CT molecular complexity index is 708. The molecule has 1 aromatic heterocycles. The highest BCUT2D eigenvalue weighted by atomic mass is 15.0. The molecule has 1 aromatic carbocycles. The molecular formula is C19H21N3. The van der Waals surface area contributed by atoms with Gasteiger partial charge in [-0.05, 0) is 49.8 Å². The van der Waals surface area contributed by atoms with Crippen molar-refractivity contribution in [1.82, 2.24) is 9.55 Å². The van der Waals surface area contributed by atoms with Crippen LogP contribution in [0.2, 0.25) is 0 Å². The summed E-state index contributed by atoms with van der Waals surface area (Å²) in [5.74, 6) is 0. The summed E-state index contributed by atoms with van der Waals surface area (Å²) in [7, 11) is 0. The van der Waals surface area contributed by atoms with Crippen LogP contribution < -0.4 is 0 Å². The normalized spacial score (nSPS) is 15.2. The largest absolute Gasteiger partial charge is 0.306 e. The summed E-state index contributed by atoms with van der Waals surface area (Å²) in [4.78, 5) is 4.21. The molecule has 1 aliphatic carbocycles. The number of aromatic nitrogens is 2. The van der Waals surface area contributed by atoms with E-state index in [0.717, 1.165) is 35.2 Å². The van der Waals surface area contributed by atoms with Crippen molar-refractivity contribution in [2.24, 2.45) is 0 Å². The Morgan fingerprint density at radius 1 is 1.18 bits per heavy atom. The molecule has 3 nitrogen and oxygen atoms in total. The van der Waals surface area contributed by atoms with Crippen LogP contribution in [0.3, 0.4) is 0 Å². The fraction of sp³-hybridized carbons (Fsp3) is 0.368. The van der Waals surface area contributed by atoms with Crippen molar-refractivity contribution in [3.8, 4) is 6.07 Å². The molecule has 22 heavy (non-hydrogen) atoms. The topological polar surface area (TPSA) is 41.6 Å². The Labute approximate surface area is 131 Å². The number of aryl methyl sites for hydroxylation is 1. The summed E-state index contributed by atoms with van der Waals surface area (Å²) in [5.41, 5.74) is 5.52. The smallest absolute Gasteiger partial charge is 0.0998 e. The molecule has 0 unspecified atom stereocenters. The van der Waals surface area contributed by atoms with Gasteiger partial charge < -0.3 is 4.57 Å². The average Bonchev–Trinajstić information content (AvgIpc) is 2.92. The van der Waals surface area contributed by atoms with Crippen LogP contribution >= 0.6 is 0 Å². The summed E-state index contributed by atoms with van der Waals surface area (Å²) in [6, 6.07) is 8.51. The van der Waals surface area contributed by atoms with Crippen LogP contribution in [0.5, 0.6) is 0 Å². The van der Waals surface area contributed by atoms with Gasteiger partial charge in [0.25, 0.3) is 0 Å². The minimum Gasteiger partial charge on any atom is -0.306 e. The predicted molar refractivity (Wildman–Crippen MR) is 88.1 cm³/mol. The zero-order valence-corrected chi connectivity index (χ0v) is 13.0. The number of hydrogen-bond acceptors (Lipinski definition) is 2. The molecule has 0 saturated heterocycles. The molecule has 1 fully saturated rings. The lowest BCUT2D eigenvalue weighted by atomic mass is 9.96. The van der Waals surface area contributed by atoms with E-state index in [1.807, 2.05) is 25.5 Å². The Balaban J connectivity index is 2.19. The van der Waals surface area contributed by atoms with Crippen molar-refractivity contribution in [2.45, 2.75) is 45.4 Å². The van der Waals surface area contributed by atoms with Gasteiger partial charge in [0.15, 0.2) is 0 Å². The number of rotatable bonds is 2. The molecule has 0 radical (unpaired) electrons. The molecule has 0 spiro atoms. The summed E-state index contributed by atoms with van der Waals surface area (Å²) in [5, 5.41) is 9.55. The molecule has 2 aromatic rings. The van der Waals surface area contributed by atoms with Crippen LogP contribution in [0.25, 0.3) is 5.70 Å². The van der Waals surface area contributed by atoms with Gasteiger partial charge in [-0.25, -0.2) is 4.98 Å². The van der Waals surface area contributed by atoms with E-state index in [2.05, 4.69) is 27.8 Å². The van der Waals surface area contributed by atoms with Gasteiger partial charge in [-0.2, -0.15) is 5.26 Å². The van der Waals surface area contributed by atoms with E-state index in [9.17, 15) is 5.26 Å². The quantitative estimate of drug-likeness (QED) is 0.754. The second-order valence-electron chi connectivity index (χ2n) is 6.00. The third-order valence-corrected chi connectivity index (χ3v) is 4.36. The highest BCUT2D eigenvalue weighted by Gasteiger charge is 2.16. The Morgan fingerprint density at radius 3 is 2.59 bits per heavy atom. The minimum absolute atomic E-state index is 0.750. The van der Waals surface area contributed by atoms with E-state index in [1.54, 1.807) is 6.20 Å². The summed E-state index contributed by atoms with van der Waals surface area (Å²) in [6.45, 7) is 2.03. The van der Waals surface area contributed by atoms with Crippen LogP contribution in [0.15, 0.2) is 42.5 Å². The number of hydrogen-bond donors (Lipinski definition) is 0. The molecule has 0 aliphatic heterocycles. The van der Waals surface area contributed by atoms with E-state index in [4.69, 9.17) is 0 Å². The fourth-order valence-corrected chi connectivity index (χ4v) is 3.25. The molecule has 0 atom stereocenters. The van der Waals surface area contributed by atoms with Crippen LogP contribution in [0, 0.1) is 18.3 Å². The zero-order valence-electron chi connectivity index (χ0n) is 13.0. The first-order valence-electron chi connectivity index (χ1n) is 8.01. The first-order chi connectivity index (χ1) is 10.8. The first-order valence-corrected chi connectivity index (χ1v) is 8.01. The molecule has 3 rings (SSSR count). The lowest BCUT2D eigenvalue weighted by Crippen LogP contribution is -2.04. The van der Waals surface area contributed by atoms with E-state index in [-0.39, 0.29) is 0 Å². The number of imidazole rings is 1. The lowest BCUT2D eigenvalue weighted by molar-refractivity contribution is 0.702. The standard InChI is InChI=1S/C19H21N3/c1-15-8-9-18(17(12-15)13-20)19(22-11-10-21-14-22)16-6-4-2-3-5-7-16/h8-12,14H,2-7H2,1H3.